The van der Waals surface area contributed by atoms with Crippen molar-refractivity contribution in [2.45, 2.75) is 452 Å². The van der Waals surface area contributed by atoms with Crippen LogP contribution in [0.3, 0.4) is 0 Å². The standard InChI is InChI=1S/C83H162O17P2/c1-8-10-11-12-13-14-15-16-17-18-19-20-24-27-30-33-36-43-50-57-64-80(85)93-70-78(99-82(87)66-59-52-44-37-34-31-28-25-22-21-23-26-29-32-35-42-49-56-63-76(7)9-2)72-97-101(89,90)95-68-77(84)69-96-102(91,92)98-73-79(100-83(88)67-60-53-46-39-41-48-55-62-75(5)6)71-94-81(86)65-58-51-45-38-40-47-54-61-74(3)4/h74-79,84H,8-73H2,1-7H3,(H,89,90)(H,91,92)/t76?,77-,78-,79-/m1/s1. The molecule has 17 nitrogen and oxygen atoms in total. The average Bonchev–Trinajstić information content (AvgIpc) is 0.913. The van der Waals surface area contributed by atoms with Crippen LogP contribution in [0, 0.1) is 17.8 Å². The molecule has 3 unspecified atom stereocenters. The summed E-state index contributed by atoms with van der Waals surface area (Å²) in [6.45, 7) is 11.9. The smallest absolute Gasteiger partial charge is 0.462 e. The molecule has 0 bridgehead atoms. The zero-order chi connectivity index (χ0) is 75.1. The van der Waals surface area contributed by atoms with Gasteiger partial charge in [-0.2, -0.15) is 0 Å². The van der Waals surface area contributed by atoms with Crippen molar-refractivity contribution in [2.75, 3.05) is 39.6 Å². The maximum atomic E-state index is 13.1. The zero-order valence-electron chi connectivity index (χ0n) is 67.1. The molecule has 0 rings (SSSR count). The number of carbonyl (C=O) groups excluding carboxylic acids is 4. The van der Waals surface area contributed by atoms with Crippen molar-refractivity contribution < 1.29 is 80.2 Å². The number of ether oxygens (including phenoxy) is 4. The zero-order valence-corrected chi connectivity index (χ0v) is 68.9. The number of hydrogen-bond donors (Lipinski definition) is 3. The van der Waals surface area contributed by atoms with Crippen LogP contribution in [0.25, 0.3) is 0 Å². The van der Waals surface area contributed by atoms with Crippen molar-refractivity contribution in [2.24, 2.45) is 17.8 Å². The van der Waals surface area contributed by atoms with E-state index in [-0.39, 0.29) is 25.7 Å². The second kappa shape index (κ2) is 73.2. The van der Waals surface area contributed by atoms with Crippen molar-refractivity contribution >= 4 is 39.5 Å². The van der Waals surface area contributed by atoms with E-state index >= 15 is 0 Å². The van der Waals surface area contributed by atoms with Crippen molar-refractivity contribution in [1.29, 1.82) is 0 Å². The van der Waals surface area contributed by atoms with Crippen LogP contribution in [-0.2, 0) is 65.4 Å². The third-order valence-electron chi connectivity index (χ3n) is 19.7. The average molecular weight is 1490 g/mol. The lowest BCUT2D eigenvalue weighted by molar-refractivity contribution is -0.161. The van der Waals surface area contributed by atoms with Gasteiger partial charge in [-0.25, -0.2) is 9.13 Å². The molecule has 0 aromatic rings. The molecule has 19 heteroatoms. The lowest BCUT2D eigenvalue weighted by Gasteiger charge is -2.21. The van der Waals surface area contributed by atoms with Crippen LogP contribution in [-0.4, -0.2) is 96.7 Å². The van der Waals surface area contributed by atoms with Gasteiger partial charge in [0.2, 0.25) is 0 Å². The molecule has 6 atom stereocenters. The summed E-state index contributed by atoms with van der Waals surface area (Å²) >= 11 is 0. The Hall–Kier alpha value is -1.94. The highest BCUT2D eigenvalue weighted by atomic mass is 31.2. The predicted octanol–water partition coefficient (Wildman–Crippen LogP) is 24.9. The van der Waals surface area contributed by atoms with Gasteiger partial charge in [-0.1, -0.05) is 382 Å². The molecule has 0 fully saturated rings. The van der Waals surface area contributed by atoms with Crippen molar-refractivity contribution in [1.82, 2.24) is 0 Å². The molecule has 0 heterocycles. The van der Waals surface area contributed by atoms with Crippen LogP contribution in [0.4, 0.5) is 0 Å². The monoisotopic (exact) mass is 1490 g/mol. The minimum Gasteiger partial charge on any atom is -0.462 e. The van der Waals surface area contributed by atoms with E-state index in [1.165, 1.54) is 238 Å². The molecule has 0 aromatic heterocycles. The third-order valence-corrected chi connectivity index (χ3v) is 21.6. The maximum absolute atomic E-state index is 13.1. The van der Waals surface area contributed by atoms with Crippen LogP contribution >= 0.6 is 15.6 Å². The van der Waals surface area contributed by atoms with Gasteiger partial charge in [0.05, 0.1) is 26.4 Å². The van der Waals surface area contributed by atoms with Gasteiger partial charge >= 0.3 is 39.5 Å². The third kappa shape index (κ3) is 74.9. The Morgan fingerprint density at radius 1 is 0.284 bits per heavy atom. The minimum atomic E-state index is -4.96. The summed E-state index contributed by atoms with van der Waals surface area (Å²) in [5, 5.41) is 10.6. The Morgan fingerprint density at radius 2 is 0.500 bits per heavy atom. The molecule has 0 aliphatic rings. The van der Waals surface area contributed by atoms with E-state index in [0.717, 1.165) is 102 Å². The topological polar surface area (TPSA) is 237 Å². The first-order valence-electron chi connectivity index (χ1n) is 42.9. The van der Waals surface area contributed by atoms with E-state index in [9.17, 15) is 43.2 Å². The van der Waals surface area contributed by atoms with Crippen LogP contribution in [0.5, 0.6) is 0 Å². The number of rotatable bonds is 81. The van der Waals surface area contributed by atoms with Gasteiger partial charge in [-0.3, -0.25) is 37.3 Å². The molecule has 3 N–H and O–H groups in total. The molecule has 0 radical (unpaired) electrons. The lowest BCUT2D eigenvalue weighted by Crippen LogP contribution is -2.30. The van der Waals surface area contributed by atoms with E-state index in [1.54, 1.807) is 0 Å². The Morgan fingerprint density at radius 3 is 0.745 bits per heavy atom. The molecular weight excluding hydrogens is 1330 g/mol. The number of hydrogen-bond acceptors (Lipinski definition) is 15. The van der Waals surface area contributed by atoms with Crippen molar-refractivity contribution in [3.8, 4) is 0 Å². The van der Waals surface area contributed by atoms with Gasteiger partial charge in [0.1, 0.15) is 19.3 Å². The first kappa shape index (κ1) is 100. The molecule has 0 aliphatic heterocycles. The molecular formula is C83H162O17P2. The predicted molar refractivity (Wildman–Crippen MR) is 418 cm³/mol. The molecule has 0 aromatic carbocycles. The van der Waals surface area contributed by atoms with Gasteiger partial charge in [0.15, 0.2) is 12.2 Å². The summed E-state index contributed by atoms with van der Waals surface area (Å²) in [6.07, 6.45) is 62.9. The summed E-state index contributed by atoms with van der Waals surface area (Å²) in [5.41, 5.74) is 0. The number of phosphoric ester groups is 2. The minimum absolute atomic E-state index is 0.103. The summed E-state index contributed by atoms with van der Waals surface area (Å²) in [6, 6.07) is 0. The Balaban J connectivity index is 5.18. The number of aliphatic hydroxyl groups is 1. The van der Waals surface area contributed by atoms with E-state index in [4.69, 9.17) is 37.0 Å². The maximum Gasteiger partial charge on any atom is 0.472 e. The van der Waals surface area contributed by atoms with Crippen molar-refractivity contribution in [3.63, 3.8) is 0 Å². The molecule has 0 saturated heterocycles. The lowest BCUT2D eigenvalue weighted by atomic mass is 9.99. The highest BCUT2D eigenvalue weighted by Crippen LogP contribution is 2.45. The first-order valence-corrected chi connectivity index (χ1v) is 45.9. The molecule has 0 spiro atoms. The second-order valence-electron chi connectivity index (χ2n) is 31.1. The van der Waals surface area contributed by atoms with Gasteiger partial charge in [-0.05, 0) is 43.4 Å². The molecule has 0 amide bonds. The summed E-state index contributed by atoms with van der Waals surface area (Å²) in [5.74, 6) is 0.157. The quantitative estimate of drug-likeness (QED) is 0.0222. The second-order valence-corrected chi connectivity index (χ2v) is 34.0. The Bertz CT molecular complexity index is 1980. The van der Waals surface area contributed by atoms with Gasteiger partial charge in [-0.15, -0.1) is 0 Å². The molecule has 0 aliphatic carbocycles. The highest BCUT2D eigenvalue weighted by Gasteiger charge is 2.30. The van der Waals surface area contributed by atoms with Crippen LogP contribution in [0.1, 0.15) is 434 Å². The molecule has 0 saturated carbocycles. The Kier molecular flexibility index (Phi) is 71.8. The first-order chi connectivity index (χ1) is 49.3. The van der Waals surface area contributed by atoms with Crippen LogP contribution < -0.4 is 0 Å². The SMILES string of the molecule is CCCCCCCCCCCCCCCCCCCCCCC(=O)OC[C@H](COP(=O)(O)OC[C@@H](O)COP(=O)(O)OC[C@@H](COC(=O)CCCCCCCCCC(C)C)OC(=O)CCCCCCCCCC(C)C)OC(=O)CCCCCCCCCCCCCCCCCCCCC(C)CC. The Labute approximate surface area is 626 Å². The fourth-order valence-electron chi connectivity index (χ4n) is 12.8. The largest absolute Gasteiger partial charge is 0.472 e. The summed E-state index contributed by atoms with van der Waals surface area (Å²) in [7, 11) is -9.92. The van der Waals surface area contributed by atoms with E-state index < -0.39 is 97.5 Å². The van der Waals surface area contributed by atoms with Crippen molar-refractivity contribution in [3.05, 3.63) is 0 Å². The van der Waals surface area contributed by atoms with Gasteiger partial charge < -0.3 is 33.8 Å². The number of carbonyl (C=O) groups is 4. The highest BCUT2D eigenvalue weighted by molar-refractivity contribution is 7.47. The normalized spacial score (nSPS) is 14.2. The number of esters is 4. The van der Waals surface area contributed by atoms with E-state index in [1.807, 2.05) is 0 Å². The summed E-state index contributed by atoms with van der Waals surface area (Å²) in [4.78, 5) is 73.0. The fraction of sp³-hybridized carbons (Fsp3) is 0.952. The number of aliphatic hydroxyl groups excluding tert-OH is 1. The molecule has 606 valence electrons. The number of phosphoric acid groups is 2. The van der Waals surface area contributed by atoms with Crippen LogP contribution in [0.2, 0.25) is 0 Å². The van der Waals surface area contributed by atoms with E-state index in [2.05, 4.69) is 48.5 Å². The van der Waals surface area contributed by atoms with E-state index in [0.29, 0.717) is 37.5 Å². The number of unbranched alkanes of at least 4 members (excludes halogenated alkanes) is 48. The molecule has 102 heavy (non-hydrogen) atoms. The fourth-order valence-corrected chi connectivity index (χ4v) is 14.4. The van der Waals surface area contributed by atoms with Gasteiger partial charge in [0, 0.05) is 25.7 Å². The van der Waals surface area contributed by atoms with Gasteiger partial charge in [0.25, 0.3) is 0 Å². The van der Waals surface area contributed by atoms with Crippen LogP contribution in [0.15, 0.2) is 0 Å². The summed E-state index contributed by atoms with van der Waals surface area (Å²) < 4.78 is 68.7.